The molecule has 0 fully saturated rings. The van der Waals surface area contributed by atoms with Gasteiger partial charge >= 0.3 is 6.01 Å². The second-order valence-electron chi connectivity index (χ2n) is 3.52. The lowest BCUT2D eigenvalue weighted by Crippen LogP contribution is -2.04. The van der Waals surface area contributed by atoms with Crippen LogP contribution in [0.25, 0.3) is 0 Å². The average Bonchev–Trinajstić information content (AvgIpc) is 2.35. The summed E-state index contributed by atoms with van der Waals surface area (Å²) >= 11 is 5.65. The number of nitrogens with zero attached hydrogens (tertiary/aromatic N) is 3. The molecule has 0 saturated heterocycles. The summed E-state index contributed by atoms with van der Waals surface area (Å²) in [7, 11) is 0. The summed E-state index contributed by atoms with van der Waals surface area (Å²) in [5.41, 5.74) is -0.0777. The minimum Gasteiger partial charge on any atom is -0.464 e. The largest absolute Gasteiger partial charge is 0.464 e. The van der Waals surface area contributed by atoms with Crippen molar-refractivity contribution in [3.8, 4) is 6.01 Å². The summed E-state index contributed by atoms with van der Waals surface area (Å²) in [5.74, 6) is -4.31. The zero-order valence-corrected chi connectivity index (χ0v) is 10.9. The summed E-state index contributed by atoms with van der Waals surface area (Å²) in [4.78, 5) is 11.2. The summed E-state index contributed by atoms with van der Waals surface area (Å²) in [5, 5.41) is 2.32. The molecule has 2 aromatic rings. The lowest BCUT2D eigenvalue weighted by Gasteiger charge is -2.07. The molecule has 20 heavy (non-hydrogen) atoms. The SMILES string of the molecule is CCOc1nc(Cl)nc(Nc2cc(F)c(F)c(F)c2)n1. The maximum atomic E-state index is 13.1. The highest BCUT2D eigenvalue weighted by Crippen LogP contribution is 2.21. The Kier molecular flexibility index (Phi) is 4.23. The van der Waals surface area contributed by atoms with Crippen molar-refractivity contribution in [1.29, 1.82) is 0 Å². The summed E-state index contributed by atoms with van der Waals surface area (Å²) in [6.07, 6.45) is 0. The van der Waals surface area contributed by atoms with Crippen LogP contribution in [0.15, 0.2) is 12.1 Å². The van der Waals surface area contributed by atoms with E-state index in [0.29, 0.717) is 6.61 Å². The van der Waals surface area contributed by atoms with Gasteiger partial charge in [0.25, 0.3) is 0 Å². The van der Waals surface area contributed by atoms with Gasteiger partial charge in [-0.3, -0.25) is 0 Å². The lowest BCUT2D eigenvalue weighted by atomic mass is 10.3. The first-order valence-corrected chi connectivity index (χ1v) is 5.83. The third-order valence-corrected chi connectivity index (χ3v) is 2.27. The number of hydrogen-bond acceptors (Lipinski definition) is 5. The molecule has 0 bridgehead atoms. The molecule has 1 heterocycles. The van der Waals surface area contributed by atoms with Crippen molar-refractivity contribution in [3.05, 3.63) is 34.9 Å². The Morgan fingerprint density at radius 3 is 2.40 bits per heavy atom. The molecule has 9 heteroatoms. The van der Waals surface area contributed by atoms with E-state index in [-0.39, 0.29) is 22.9 Å². The molecule has 1 aromatic heterocycles. The molecule has 5 nitrogen and oxygen atoms in total. The molecular formula is C11H8ClF3N4O. The smallest absolute Gasteiger partial charge is 0.322 e. The highest BCUT2D eigenvalue weighted by atomic mass is 35.5. The normalized spacial score (nSPS) is 10.4. The van der Waals surface area contributed by atoms with Gasteiger partial charge < -0.3 is 10.1 Å². The fourth-order valence-electron chi connectivity index (χ4n) is 1.34. The summed E-state index contributed by atoms with van der Waals surface area (Å²) in [6, 6.07) is 1.48. The fraction of sp³-hybridized carbons (Fsp3) is 0.182. The van der Waals surface area contributed by atoms with Crippen molar-refractivity contribution in [2.75, 3.05) is 11.9 Å². The Labute approximate surface area is 116 Å². The Morgan fingerprint density at radius 2 is 1.80 bits per heavy atom. The topological polar surface area (TPSA) is 59.9 Å². The van der Waals surface area contributed by atoms with Crippen LogP contribution in [0, 0.1) is 17.5 Å². The predicted molar refractivity (Wildman–Crippen MR) is 65.6 cm³/mol. The molecule has 106 valence electrons. The first-order chi connectivity index (χ1) is 9.49. The molecule has 0 unspecified atom stereocenters. The van der Waals surface area contributed by atoms with Gasteiger partial charge in [0.1, 0.15) is 0 Å². The number of anilines is 2. The van der Waals surface area contributed by atoms with Crippen molar-refractivity contribution in [1.82, 2.24) is 15.0 Å². The van der Waals surface area contributed by atoms with Crippen LogP contribution >= 0.6 is 11.6 Å². The van der Waals surface area contributed by atoms with Gasteiger partial charge in [0.2, 0.25) is 11.2 Å². The first kappa shape index (κ1) is 14.3. The van der Waals surface area contributed by atoms with E-state index in [0.717, 1.165) is 12.1 Å². The molecule has 0 aliphatic heterocycles. The number of rotatable bonds is 4. The molecule has 0 aliphatic rings. The van der Waals surface area contributed by atoms with Gasteiger partial charge in [-0.05, 0) is 18.5 Å². The second kappa shape index (κ2) is 5.91. The van der Waals surface area contributed by atoms with Gasteiger partial charge in [-0.25, -0.2) is 13.2 Å². The highest BCUT2D eigenvalue weighted by molar-refractivity contribution is 6.28. The van der Waals surface area contributed by atoms with E-state index in [1.807, 2.05) is 0 Å². The third kappa shape index (κ3) is 3.27. The van der Waals surface area contributed by atoms with Gasteiger partial charge in [0.15, 0.2) is 17.5 Å². The second-order valence-corrected chi connectivity index (χ2v) is 3.86. The number of nitrogens with one attached hydrogen (secondary N) is 1. The van der Waals surface area contributed by atoms with Crippen molar-refractivity contribution >= 4 is 23.2 Å². The quantitative estimate of drug-likeness (QED) is 0.880. The maximum Gasteiger partial charge on any atom is 0.322 e. The van der Waals surface area contributed by atoms with E-state index < -0.39 is 17.5 Å². The minimum absolute atomic E-state index is 0.0435. The molecular weight excluding hydrogens is 297 g/mol. The predicted octanol–water partition coefficient (Wildman–Crippen LogP) is 3.08. The summed E-state index contributed by atoms with van der Waals surface area (Å²) < 4.78 is 44.0. The van der Waals surface area contributed by atoms with E-state index >= 15 is 0 Å². The van der Waals surface area contributed by atoms with Crippen LogP contribution < -0.4 is 10.1 Å². The van der Waals surface area contributed by atoms with Crippen LogP contribution in [0.1, 0.15) is 6.92 Å². The monoisotopic (exact) mass is 304 g/mol. The van der Waals surface area contributed by atoms with Gasteiger partial charge in [0.05, 0.1) is 6.61 Å². The zero-order valence-electron chi connectivity index (χ0n) is 10.1. The molecule has 0 aliphatic carbocycles. The average molecular weight is 305 g/mol. The van der Waals surface area contributed by atoms with Crippen LogP contribution in [0.4, 0.5) is 24.8 Å². The number of benzene rings is 1. The van der Waals surface area contributed by atoms with Gasteiger partial charge in [-0.1, -0.05) is 0 Å². The Hall–Kier alpha value is -2.09. The van der Waals surface area contributed by atoms with Gasteiger partial charge in [-0.15, -0.1) is 0 Å². The Balaban J connectivity index is 2.30. The number of hydrogen-bond donors (Lipinski definition) is 1. The van der Waals surface area contributed by atoms with Crippen molar-refractivity contribution in [2.45, 2.75) is 6.92 Å². The highest BCUT2D eigenvalue weighted by Gasteiger charge is 2.12. The molecule has 0 spiro atoms. The molecule has 2 rings (SSSR count). The number of aromatic nitrogens is 3. The molecule has 0 radical (unpaired) electrons. The van der Waals surface area contributed by atoms with E-state index in [1.54, 1.807) is 6.92 Å². The van der Waals surface area contributed by atoms with Crippen molar-refractivity contribution in [3.63, 3.8) is 0 Å². The van der Waals surface area contributed by atoms with Gasteiger partial charge in [-0.2, -0.15) is 15.0 Å². The number of ether oxygens (including phenoxy) is 1. The Morgan fingerprint density at radius 1 is 1.15 bits per heavy atom. The first-order valence-electron chi connectivity index (χ1n) is 5.45. The third-order valence-electron chi connectivity index (χ3n) is 2.10. The molecule has 1 N–H and O–H groups in total. The van der Waals surface area contributed by atoms with E-state index in [2.05, 4.69) is 20.3 Å². The molecule has 0 atom stereocenters. The van der Waals surface area contributed by atoms with Crippen molar-refractivity contribution in [2.24, 2.45) is 0 Å². The van der Waals surface area contributed by atoms with Crippen LogP contribution in [-0.2, 0) is 0 Å². The summed E-state index contributed by atoms with van der Waals surface area (Å²) in [6.45, 7) is 2.02. The fourth-order valence-corrected chi connectivity index (χ4v) is 1.49. The molecule has 0 saturated carbocycles. The minimum atomic E-state index is -1.56. The zero-order chi connectivity index (χ0) is 14.7. The Bertz CT molecular complexity index is 618. The van der Waals surface area contributed by atoms with E-state index in [4.69, 9.17) is 16.3 Å². The van der Waals surface area contributed by atoms with Crippen LogP contribution in [0.3, 0.4) is 0 Å². The van der Waals surface area contributed by atoms with Gasteiger partial charge in [0, 0.05) is 17.8 Å². The van der Waals surface area contributed by atoms with Crippen LogP contribution in [0.5, 0.6) is 6.01 Å². The van der Waals surface area contributed by atoms with E-state index in [9.17, 15) is 13.2 Å². The lowest BCUT2D eigenvalue weighted by molar-refractivity contribution is 0.312. The van der Waals surface area contributed by atoms with Crippen molar-refractivity contribution < 1.29 is 17.9 Å². The maximum absolute atomic E-state index is 13.1. The van der Waals surface area contributed by atoms with Crippen LogP contribution in [0.2, 0.25) is 5.28 Å². The van der Waals surface area contributed by atoms with Crippen LogP contribution in [-0.4, -0.2) is 21.6 Å². The number of halogens is 4. The molecule has 1 aromatic carbocycles. The van der Waals surface area contributed by atoms with E-state index in [1.165, 1.54) is 0 Å². The molecule has 0 amide bonds. The standard InChI is InChI=1S/C11H8ClF3N4O/c1-2-20-11-18-9(12)17-10(19-11)16-5-3-6(13)8(15)7(14)4-5/h3-4H,2H2,1H3,(H,16,17,18,19).